The van der Waals surface area contributed by atoms with Crippen molar-refractivity contribution >= 4 is 0 Å². The first kappa shape index (κ1) is 20.7. The third kappa shape index (κ3) is 3.41. The number of rotatable bonds is 3. The van der Waals surface area contributed by atoms with E-state index in [0.29, 0.717) is 11.7 Å². The molecule has 1 aliphatic heterocycles. The minimum Gasteiger partial charge on any atom is -0.493 e. The van der Waals surface area contributed by atoms with Crippen molar-refractivity contribution in [2.75, 3.05) is 0 Å². The topological polar surface area (TPSA) is 71.0 Å². The fourth-order valence-electron chi connectivity index (χ4n) is 6.18. The van der Waals surface area contributed by atoms with Crippen molar-refractivity contribution in [1.82, 2.24) is 15.2 Å². The Hall–Kier alpha value is -3.70. The van der Waals surface area contributed by atoms with E-state index < -0.39 is 6.10 Å². The molecule has 3 aliphatic carbocycles. The largest absolute Gasteiger partial charge is 0.493 e. The van der Waals surface area contributed by atoms with Crippen LogP contribution in [0.1, 0.15) is 64.9 Å². The molecule has 174 valence electrons. The molecular weight excluding hydrogens is 434 g/mol. The van der Waals surface area contributed by atoms with Gasteiger partial charge in [-0.15, -0.1) is 0 Å². The number of fused-ring (bicyclic) bond motifs is 4. The lowest BCUT2D eigenvalue weighted by Gasteiger charge is -2.33. The van der Waals surface area contributed by atoms with E-state index in [2.05, 4.69) is 76.9 Å². The van der Waals surface area contributed by atoms with E-state index in [1.54, 1.807) is 6.08 Å². The van der Waals surface area contributed by atoms with E-state index in [1.807, 2.05) is 18.2 Å². The molecular formula is C30H27N3O2. The Balaban J connectivity index is 1.20. The van der Waals surface area contributed by atoms with Crippen LogP contribution < -0.4 is 0 Å². The average Bonchev–Trinajstić information content (AvgIpc) is 3.53. The summed E-state index contributed by atoms with van der Waals surface area (Å²) in [6.07, 6.45) is 13.4. The van der Waals surface area contributed by atoms with Crippen molar-refractivity contribution in [3.05, 3.63) is 131 Å². The average molecular weight is 462 g/mol. The number of H-pyrrole nitrogens is 1. The molecule has 3 aromatic rings. The second kappa shape index (κ2) is 8.21. The highest BCUT2D eigenvalue weighted by atomic mass is 16.5. The molecule has 4 aliphatic rings. The number of allylic oxidation sites excluding steroid dienone is 5. The monoisotopic (exact) mass is 461 g/mol. The highest BCUT2D eigenvalue weighted by Gasteiger charge is 2.45. The van der Waals surface area contributed by atoms with Crippen LogP contribution in [0.15, 0.2) is 102 Å². The standard InChI is InChI=1S/C30H27N3O2/c34-25-13-7-6-12-22(25)29-31-30(33-32-29)24-17-27-28(21-11-5-4-10-20(21)24)23-15-14-19(16-26(23)35-27)18-8-2-1-3-9-18/h1-15,19,22,24-25,27-28,34H,16-17H2,(H,31,32,33). The maximum absolute atomic E-state index is 10.4. The van der Waals surface area contributed by atoms with E-state index in [1.165, 1.54) is 22.3 Å². The van der Waals surface area contributed by atoms with E-state index in [4.69, 9.17) is 9.72 Å². The van der Waals surface area contributed by atoms with E-state index in [0.717, 1.165) is 24.4 Å². The first-order valence-electron chi connectivity index (χ1n) is 12.4. The number of ether oxygens (including phenoxy) is 1. The summed E-state index contributed by atoms with van der Waals surface area (Å²) < 4.78 is 6.68. The number of nitrogens with one attached hydrogen (secondary N) is 1. The zero-order chi connectivity index (χ0) is 23.4. The van der Waals surface area contributed by atoms with Gasteiger partial charge in [-0.1, -0.05) is 91.1 Å². The van der Waals surface area contributed by atoms with Gasteiger partial charge in [-0.2, -0.15) is 5.10 Å². The van der Waals surface area contributed by atoms with Gasteiger partial charge in [-0.3, -0.25) is 5.10 Å². The summed E-state index contributed by atoms with van der Waals surface area (Å²) in [5, 5.41) is 18.1. The molecule has 1 aromatic heterocycles. The molecule has 0 spiro atoms. The van der Waals surface area contributed by atoms with E-state index >= 15 is 0 Å². The molecule has 0 bridgehead atoms. The Bertz CT molecular complexity index is 1380. The summed E-state index contributed by atoms with van der Waals surface area (Å²) in [6.45, 7) is 0. The number of hydrogen-bond donors (Lipinski definition) is 2. The molecule has 2 heterocycles. The number of nitrogens with zero attached hydrogens (tertiary/aromatic N) is 2. The molecule has 2 aromatic carbocycles. The van der Waals surface area contributed by atoms with Gasteiger partial charge in [-0.25, -0.2) is 4.98 Å². The number of aromatic amines is 1. The lowest BCUT2D eigenvalue weighted by molar-refractivity contribution is 0.106. The maximum atomic E-state index is 10.4. The summed E-state index contributed by atoms with van der Waals surface area (Å²) in [5.41, 5.74) is 5.26. The molecule has 7 rings (SSSR count). The summed E-state index contributed by atoms with van der Waals surface area (Å²) in [4.78, 5) is 4.87. The van der Waals surface area contributed by atoms with Gasteiger partial charge in [0, 0.05) is 29.7 Å². The zero-order valence-corrected chi connectivity index (χ0v) is 19.3. The molecule has 6 atom stereocenters. The fraction of sp³-hybridized carbons (Fsp3) is 0.267. The minimum atomic E-state index is -0.606. The highest BCUT2D eigenvalue weighted by molar-refractivity contribution is 5.51. The van der Waals surface area contributed by atoms with Gasteiger partial charge in [0.05, 0.1) is 12.0 Å². The highest BCUT2D eigenvalue weighted by Crippen LogP contribution is 2.53. The van der Waals surface area contributed by atoms with Crippen LogP contribution in [0.4, 0.5) is 0 Å². The molecule has 0 saturated heterocycles. The summed E-state index contributed by atoms with van der Waals surface area (Å²) in [5.74, 6) is 3.05. The van der Waals surface area contributed by atoms with Gasteiger partial charge in [0.25, 0.3) is 0 Å². The predicted molar refractivity (Wildman–Crippen MR) is 134 cm³/mol. The van der Waals surface area contributed by atoms with Gasteiger partial charge < -0.3 is 9.84 Å². The fourth-order valence-corrected chi connectivity index (χ4v) is 6.18. The van der Waals surface area contributed by atoms with Crippen molar-refractivity contribution < 1.29 is 9.84 Å². The van der Waals surface area contributed by atoms with Crippen molar-refractivity contribution in [3.8, 4) is 0 Å². The van der Waals surface area contributed by atoms with Crippen molar-refractivity contribution in [3.63, 3.8) is 0 Å². The Kier molecular flexibility index (Phi) is 4.84. The second-order valence-electron chi connectivity index (χ2n) is 9.88. The molecule has 6 unspecified atom stereocenters. The van der Waals surface area contributed by atoms with Gasteiger partial charge in [0.15, 0.2) is 5.82 Å². The molecule has 5 heteroatoms. The van der Waals surface area contributed by atoms with Crippen LogP contribution in [0.5, 0.6) is 0 Å². The summed E-state index contributed by atoms with van der Waals surface area (Å²) >= 11 is 0. The Labute approximate surface area is 204 Å². The molecule has 2 N–H and O–H groups in total. The Morgan fingerprint density at radius 3 is 2.57 bits per heavy atom. The number of hydrogen-bond acceptors (Lipinski definition) is 4. The molecule has 5 nitrogen and oxygen atoms in total. The Morgan fingerprint density at radius 1 is 0.914 bits per heavy atom. The first-order valence-corrected chi connectivity index (χ1v) is 12.4. The molecule has 0 radical (unpaired) electrons. The van der Waals surface area contributed by atoms with Crippen LogP contribution in [0.3, 0.4) is 0 Å². The zero-order valence-electron chi connectivity index (χ0n) is 19.3. The van der Waals surface area contributed by atoms with Crippen LogP contribution in [0, 0.1) is 0 Å². The van der Waals surface area contributed by atoms with Gasteiger partial charge >= 0.3 is 0 Å². The lowest BCUT2D eigenvalue weighted by Crippen LogP contribution is -2.28. The van der Waals surface area contributed by atoms with Crippen LogP contribution in [-0.2, 0) is 4.74 Å². The number of aromatic nitrogens is 3. The van der Waals surface area contributed by atoms with E-state index in [9.17, 15) is 5.11 Å². The quantitative estimate of drug-likeness (QED) is 0.549. The molecule has 0 saturated carbocycles. The van der Waals surface area contributed by atoms with Gasteiger partial charge in [0.2, 0.25) is 0 Å². The van der Waals surface area contributed by atoms with Crippen LogP contribution in [-0.4, -0.2) is 32.5 Å². The predicted octanol–water partition coefficient (Wildman–Crippen LogP) is 5.39. The van der Waals surface area contributed by atoms with Crippen LogP contribution in [0.25, 0.3) is 0 Å². The summed E-state index contributed by atoms with van der Waals surface area (Å²) in [6, 6.07) is 19.4. The molecule has 35 heavy (non-hydrogen) atoms. The smallest absolute Gasteiger partial charge is 0.160 e. The van der Waals surface area contributed by atoms with Gasteiger partial charge in [-0.05, 0) is 23.1 Å². The SMILES string of the molecule is OC1C=CC=CC1c1n[nH]c(C2CC3OC4=C(C=CC(c5ccccc5)C4)C3c3ccccc32)n1. The van der Waals surface area contributed by atoms with Crippen LogP contribution >= 0.6 is 0 Å². The second-order valence-corrected chi connectivity index (χ2v) is 9.88. The molecule has 0 fully saturated rings. The van der Waals surface area contributed by atoms with E-state index in [-0.39, 0.29) is 23.9 Å². The third-order valence-corrected chi connectivity index (χ3v) is 7.89. The van der Waals surface area contributed by atoms with Crippen molar-refractivity contribution in [2.45, 2.75) is 48.7 Å². The van der Waals surface area contributed by atoms with Crippen molar-refractivity contribution in [2.24, 2.45) is 0 Å². The number of aliphatic hydroxyl groups excluding tert-OH is 1. The van der Waals surface area contributed by atoms with Crippen LogP contribution in [0.2, 0.25) is 0 Å². The minimum absolute atomic E-state index is 0.0733. The third-order valence-electron chi connectivity index (χ3n) is 7.89. The Morgan fingerprint density at radius 2 is 1.71 bits per heavy atom. The number of aliphatic hydroxyl groups is 1. The van der Waals surface area contributed by atoms with Crippen molar-refractivity contribution in [1.29, 1.82) is 0 Å². The maximum Gasteiger partial charge on any atom is 0.160 e. The lowest BCUT2D eigenvalue weighted by atomic mass is 9.71. The normalized spacial score (nSPS) is 30.5. The van der Waals surface area contributed by atoms with Gasteiger partial charge in [0.1, 0.15) is 17.7 Å². The number of benzene rings is 2. The first-order chi connectivity index (χ1) is 17.3. The molecule has 0 amide bonds. The summed E-state index contributed by atoms with van der Waals surface area (Å²) in [7, 11) is 0.